The number of benzene rings is 1. The van der Waals surface area contributed by atoms with E-state index >= 15 is 0 Å². The van der Waals surface area contributed by atoms with Crippen LogP contribution in [0.3, 0.4) is 0 Å². The number of ether oxygens (including phenoxy) is 1. The highest BCUT2D eigenvalue weighted by Gasteiger charge is 2.20. The van der Waals surface area contributed by atoms with Crippen LogP contribution < -0.4 is 10.1 Å². The fraction of sp³-hybridized carbons (Fsp3) is 0.333. The summed E-state index contributed by atoms with van der Waals surface area (Å²) in [6.07, 6.45) is 0. The first-order chi connectivity index (χ1) is 10.8. The van der Waals surface area contributed by atoms with E-state index in [1.54, 1.807) is 12.1 Å². The molecule has 23 heavy (non-hydrogen) atoms. The van der Waals surface area contributed by atoms with E-state index in [0.717, 1.165) is 5.69 Å². The first-order valence-corrected chi connectivity index (χ1v) is 9.47. The molecule has 8 heteroatoms. The molecule has 0 unspecified atom stereocenters. The van der Waals surface area contributed by atoms with Crippen molar-refractivity contribution >= 4 is 32.2 Å². The van der Waals surface area contributed by atoms with Crippen LogP contribution in [0.5, 0.6) is 5.75 Å². The van der Waals surface area contributed by atoms with Gasteiger partial charge >= 0.3 is 0 Å². The highest BCUT2D eigenvalue weighted by Crippen LogP contribution is 2.22. The van der Waals surface area contributed by atoms with Crippen LogP contribution in [-0.4, -0.2) is 32.2 Å². The quantitative estimate of drug-likeness (QED) is 0.862. The Morgan fingerprint density at radius 2 is 1.96 bits per heavy atom. The summed E-state index contributed by atoms with van der Waals surface area (Å²) in [4.78, 5) is 16.3. The Kier molecular flexibility index (Phi) is 5.38. The second-order valence-electron chi connectivity index (χ2n) is 5.22. The molecule has 0 atom stereocenters. The largest absolute Gasteiger partial charge is 0.497 e. The van der Waals surface area contributed by atoms with Crippen molar-refractivity contribution in [3.05, 3.63) is 35.3 Å². The molecule has 1 heterocycles. The summed E-state index contributed by atoms with van der Waals surface area (Å²) < 4.78 is 29.4. The van der Waals surface area contributed by atoms with Crippen LogP contribution >= 0.6 is 11.3 Å². The molecule has 1 aromatic carbocycles. The average Bonchev–Trinajstić information content (AvgIpc) is 2.95. The van der Waals surface area contributed by atoms with E-state index in [4.69, 9.17) is 4.74 Å². The first-order valence-electron chi connectivity index (χ1n) is 6.94. The monoisotopic (exact) mass is 354 g/mol. The van der Waals surface area contributed by atoms with Crippen molar-refractivity contribution in [1.29, 1.82) is 0 Å². The van der Waals surface area contributed by atoms with E-state index in [1.807, 2.05) is 19.2 Å². The Hall–Kier alpha value is -1.93. The van der Waals surface area contributed by atoms with E-state index in [-0.39, 0.29) is 10.8 Å². The molecule has 124 valence electrons. The maximum absolute atomic E-state index is 12.2. The molecule has 6 nitrogen and oxygen atoms in total. The smallest absolute Gasteiger partial charge is 0.241 e. The number of thiazole rings is 1. The molecule has 0 aliphatic heterocycles. The fourth-order valence-electron chi connectivity index (χ4n) is 1.80. The molecule has 0 bridgehead atoms. The number of carbonyl (C=O) groups excluding carboxylic acids is 1. The maximum atomic E-state index is 12.2. The number of hydrogen-bond donors (Lipinski definition) is 1. The van der Waals surface area contributed by atoms with Gasteiger partial charge in [-0.3, -0.25) is 4.79 Å². The summed E-state index contributed by atoms with van der Waals surface area (Å²) in [6, 6.07) is 5.92. The molecule has 2 aromatic rings. The summed E-state index contributed by atoms with van der Waals surface area (Å²) in [5, 5.41) is 4.78. The van der Waals surface area contributed by atoms with Gasteiger partial charge in [-0.1, -0.05) is 13.8 Å². The van der Waals surface area contributed by atoms with Crippen LogP contribution in [0, 0.1) is 0 Å². The fourth-order valence-corrected chi connectivity index (χ4v) is 3.83. The Morgan fingerprint density at radius 1 is 1.30 bits per heavy atom. The minimum Gasteiger partial charge on any atom is -0.497 e. The van der Waals surface area contributed by atoms with Crippen molar-refractivity contribution < 1.29 is 17.9 Å². The van der Waals surface area contributed by atoms with Gasteiger partial charge in [0.15, 0.2) is 15.0 Å². The van der Waals surface area contributed by atoms with Crippen molar-refractivity contribution in [2.24, 2.45) is 0 Å². The standard InChI is InChI=1S/C15H18N2O4S2/c1-10(2)13-8-22-15(16-13)17-14(18)9-23(19,20)12-6-4-11(21-3)5-7-12/h4-8,10H,9H2,1-3H3,(H,16,17,18). The molecule has 0 radical (unpaired) electrons. The minimum absolute atomic E-state index is 0.0791. The molecular formula is C15H18N2O4S2. The van der Waals surface area contributed by atoms with Gasteiger partial charge in [0.05, 0.1) is 17.7 Å². The zero-order chi connectivity index (χ0) is 17.0. The number of hydrogen-bond acceptors (Lipinski definition) is 6. The number of anilines is 1. The molecule has 0 aliphatic carbocycles. The van der Waals surface area contributed by atoms with Gasteiger partial charge in [-0.25, -0.2) is 13.4 Å². The van der Waals surface area contributed by atoms with Crippen LogP contribution in [0.2, 0.25) is 0 Å². The van der Waals surface area contributed by atoms with Crippen molar-refractivity contribution in [3.63, 3.8) is 0 Å². The van der Waals surface area contributed by atoms with E-state index in [9.17, 15) is 13.2 Å². The molecule has 1 N–H and O–H groups in total. The summed E-state index contributed by atoms with van der Waals surface area (Å²) >= 11 is 1.28. The lowest BCUT2D eigenvalue weighted by molar-refractivity contribution is -0.113. The third-order valence-corrected chi connectivity index (χ3v) is 5.51. The second kappa shape index (κ2) is 7.10. The predicted octanol–water partition coefficient (Wildman–Crippen LogP) is 2.69. The van der Waals surface area contributed by atoms with Gasteiger partial charge in [-0.2, -0.15) is 0 Å². The van der Waals surface area contributed by atoms with Crippen LogP contribution in [0.4, 0.5) is 5.13 Å². The third kappa shape index (κ3) is 4.52. The highest BCUT2D eigenvalue weighted by molar-refractivity contribution is 7.92. The van der Waals surface area contributed by atoms with Gasteiger partial charge in [0.1, 0.15) is 11.5 Å². The SMILES string of the molecule is COc1ccc(S(=O)(=O)CC(=O)Nc2nc(C(C)C)cs2)cc1. The van der Waals surface area contributed by atoms with E-state index in [1.165, 1.54) is 30.6 Å². The topological polar surface area (TPSA) is 85.4 Å². The van der Waals surface area contributed by atoms with Crippen molar-refractivity contribution in [3.8, 4) is 5.75 Å². The minimum atomic E-state index is -3.70. The van der Waals surface area contributed by atoms with E-state index < -0.39 is 21.5 Å². The average molecular weight is 354 g/mol. The van der Waals surface area contributed by atoms with E-state index in [2.05, 4.69) is 10.3 Å². The molecule has 1 amide bonds. The number of rotatable bonds is 6. The first kappa shape index (κ1) is 17.4. The molecule has 2 rings (SSSR count). The molecule has 0 spiro atoms. The molecule has 0 saturated carbocycles. The number of amides is 1. The summed E-state index contributed by atoms with van der Waals surface area (Å²) in [6.45, 7) is 3.99. The summed E-state index contributed by atoms with van der Waals surface area (Å²) in [5.74, 6) is -0.432. The lowest BCUT2D eigenvalue weighted by Crippen LogP contribution is -2.23. The maximum Gasteiger partial charge on any atom is 0.241 e. The number of aromatic nitrogens is 1. The predicted molar refractivity (Wildman–Crippen MR) is 89.9 cm³/mol. The van der Waals surface area contributed by atoms with Crippen LogP contribution in [-0.2, 0) is 14.6 Å². The zero-order valence-electron chi connectivity index (χ0n) is 13.1. The Labute approximate surface area is 139 Å². The van der Waals surface area contributed by atoms with Gasteiger partial charge in [-0.15, -0.1) is 11.3 Å². The Balaban J connectivity index is 2.05. The molecular weight excluding hydrogens is 336 g/mol. The number of sulfone groups is 1. The van der Waals surface area contributed by atoms with Crippen molar-refractivity contribution in [2.75, 3.05) is 18.2 Å². The van der Waals surface area contributed by atoms with Gasteiger partial charge < -0.3 is 10.1 Å². The van der Waals surface area contributed by atoms with Gasteiger partial charge in [-0.05, 0) is 30.2 Å². The normalized spacial score (nSPS) is 11.5. The number of methoxy groups -OCH3 is 1. The van der Waals surface area contributed by atoms with Gasteiger partial charge in [0.25, 0.3) is 0 Å². The van der Waals surface area contributed by atoms with E-state index in [0.29, 0.717) is 10.9 Å². The van der Waals surface area contributed by atoms with Crippen molar-refractivity contribution in [2.45, 2.75) is 24.7 Å². The van der Waals surface area contributed by atoms with Crippen LogP contribution in [0.25, 0.3) is 0 Å². The van der Waals surface area contributed by atoms with Gasteiger partial charge in [0.2, 0.25) is 5.91 Å². The third-order valence-electron chi connectivity index (χ3n) is 3.10. The number of nitrogens with zero attached hydrogens (tertiary/aromatic N) is 1. The van der Waals surface area contributed by atoms with Crippen molar-refractivity contribution in [1.82, 2.24) is 4.98 Å². The summed E-state index contributed by atoms with van der Waals surface area (Å²) in [5.41, 5.74) is 0.864. The zero-order valence-corrected chi connectivity index (χ0v) is 14.7. The molecule has 0 fully saturated rings. The second-order valence-corrected chi connectivity index (χ2v) is 8.06. The lowest BCUT2D eigenvalue weighted by atomic mass is 10.2. The van der Waals surface area contributed by atoms with Crippen LogP contribution in [0.1, 0.15) is 25.5 Å². The number of carbonyl (C=O) groups is 1. The highest BCUT2D eigenvalue weighted by atomic mass is 32.2. The molecule has 0 saturated heterocycles. The van der Waals surface area contributed by atoms with Crippen LogP contribution in [0.15, 0.2) is 34.5 Å². The molecule has 0 aliphatic rings. The van der Waals surface area contributed by atoms with Gasteiger partial charge in [0, 0.05) is 5.38 Å². The Bertz CT molecular complexity index is 780. The summed E-state index contributed by atoms with van der Waals surface area (Å²) in [7, 11) is -2.21. The lowest BCUT2D eigenvalue weighted by Gasteiger charge is -2.06. The Morgan fingerprint density at radius 3 is 2.48 bits per heavy atom. The number of nitrogens with one attached hydrogen (secondary N) is 1. The molecule has 1 aromatic heterocycles.